The summed E-state index contributed by atoms with van der Waals surface area (Å²) in [6, 6.07) is 0. The van der Waals surface area contributed by atoms with Crippen LogP contribution >= 0.6 is 31.1 Å². The van der Waals surface area contributed by atoms with E-state index in [2.05, 4.69) is 32.4 Å². The van der Waals surface area contributed by atoms with Crippen molar-refractivity contribution < 1.29 is 70.2 Å². The quantitative estimate of drug-likeness (QED) is 0.111. The van der Waals surface area contributed by atoms with Gasteiger partial charge in [-0.2, -0.15) is 8.62 Å². The fraction of sp³-hybridized carbons (Fsp3) is 0.667. The third-order valence-corrected chi connectivity index (χ3v) is 11.6. The second kappa shape index (κ2) is 12.4. The molecule has 0 saturated carbocycles. The fourth-order valence-corrected chi connectivity index (χ4v) is 9.02. The number of nitrogens with two attached hydrogens (primary N) is 1. The molecule has 2 aromatic heterocycles. The predicted molar refractivity (Wildman–Crippen MR) is 129 cm³/mol. The van der Waals surface area contributed by atoms with Crippen molar-refractivity contribution in [3.05, 3.63) is 12.7 Å². The lowest BCUT2D eigenvalue weighted by Crippen LogP contribution is -2.33. The van der Waals surface area contributed by atoms with Crippen molar-refractivity contribution in [2.75, 3.05) is 18.5 Å². The zero-order chi connectivity index (χ0) is 29.2. The number of hydrogen-bond acceptors (Lipinski definition) is 15. The predicted octanol–water partition coefficient (Wildman–Crippen LogP) is 0.771. The van der Waals surface area contributed by atoms with E-state index >= 15 is 0 Å². The number of phosphoric acid groups is 3. The van der Waals surface area contributed by atoms with E-state index in [1.807, 2.05) is 0 Å². The number of rotatable bonds is 14. The van der Waals surface area contributed by atoms with Crippen LogP contribution in [0.3, 0.4) is 0 Å². The van der Waals surface area contributed by atoms with Crippen LogP contribution < -0.4 is 5.73 Å². The highest BCUT2D eigenvalue weighted by molar-refractivity contribution is 7.70. The molecule has 0 aromatic carbocycles. The average Bonchev–Trinajstić information content (AvgIpc) is 3.32. The van der Waals surface area contributed by atoms with Gasteiger partial charge in [0.25, 0.3) is 0 Å². The Morgan fingerprint density at radius 3 is 2.26 bits per heavy atom. The summed E-state index contributed by atoms with van der Waals surface area (Å²) in [6.45, 7) is 0.772. The molecule has 222 valence electrons. The van der Waals surface area contributed by atoms with Gasteiger partial charge in [-0.3, -0.25) is 13.7 Å². The largest absolute Gasteiger partial charge is 0.490 e. The minimum absolute atomic E-state index is 0.0248. The third-order valence-electron chi connectivity index (χ3n) is 5.09. The molecule has 3 heterocycles. The van der Waals surface area contributed by atoms with Gasteiger partial charge in [-0.15, -0.1) is 0 Å². The Balaban J connectivity index is 1.60. The van der Waals surface area contributed by atoms with E-state index in [4.69, 9.17) is 10.5 Å². The lowest BCUT2D eigenvalue weighted by molar-refractivity contribution is -0.0503. The molecule has 0 radical (unpaired) electrons. The van der Waals surface area contributed by atoms with Gasteiger partial charge in [-0.1, -0.05) is 19.8 Å². The van der Waals surface area contributed by atoms with Gasteiger partial charge in [0.05, 0.1) is 19.1 Å². The number of nitrogens with zero attached hydrogens (tertiary/aromatic N) is 4. The van der Waals surface area contributed by atoms with Gasteiger partial charge in [0.15, 0.2) is 17.7 Å². The van der Waals surface area contributed by atoms with Crippen LogP contribution in [0.1, 0.15) is 32.4 Å². The van der Waals surface area contributed by atoms with Crippen molar-refractivity contribution in [2.24, 2.45) is 0 Å². The van der Waals surface area contributed by atoms with E-state index in [-0.39, 0.29) is 23.4 Å². The van der Waals surface area contributed by atoms with Crippen LogP contribution in [0.2, 0.25) is 0 Å². The summed E-state index contributed by atoms with van der Waals surface area (Å²) < 4.78 is 71.0. The van der Waals surface area contributed by atoms with Crippen molar-refractivity contribution in [3.63, 3.8) is 0 Å². The minimum Gasteiger partial charge on any atom is -0.387 e. The Morgan fingerprint density at radius 1 is 0.949 bits per heavy atom. The van der Waals surface area contributed by atoms with Crippen molar-refractivity contribution in [2.45, 2.75) is 50.7 Å². The molecule has 1 aliphatic heterocycles. The monoisotopic (exact) mass is 641 g/mol. The highest BCUT2D eigenvalue weighted by Gasteiger charge is 2.48. The Labute approximate surface area is 220 Å². The van der Waals surface area contributed by atoms with Gasteiger partial charge in [0, 0.05) is 0 Å². The Morgan fingerprint density at radius 2 is 1.59 bits per heavy atom. The normalized spacial score (nSPS) is 28.0. The first-order valence-electron chi connectivity index (χ1n) is 11.0. The summed E-state index contributed by atoms with van der Waals surface area (Å²) in [6.07, 6.45) is -3.22. The molecule has 8 atom stereocenters. The lowest BCUT2D eigenvalue weighted by Gasteiger charge is -2.21. The van der Waals surface area contributed by atoms with Crippen LogP contribution in [0.25, 0.3) is 11.2 Å². The summed E-state index contributed by atoms with van der Waals surface area (Å²) in [5, 5.41) is 20.7. The topological polar surface area (TPSA) is 305 Å². The van der Waals surface area contributed by atoms with E-state index in [1.54, 1.807) is 6.92 Å². The molecule has 0 aliphatic carbocycles. The molecular formula is C15H27N5O15P4. The zero-order valence-corrected chi connectivity index (χ0v) is 23.6. The molecule has 24 heteroatoms. The minimum atomic E-state index is -5.93. The Bertz CT molecular complexity index is 1360. The highest BCUT2D eigenvalue weighted by atomic mass is 31.3. The number of aromatic nitrogens is 4. The number of aliphatic hydroxyl groups excluding tert-OH is 2. The Hall–Kier alpha value is -1.17. The zero-order valence-electron chi connectivity index (χ0n) is 20.0. The molecule has 0 spiro atoms. The number of imidazole rings is 1. The summed E-state index contributed by atoms with van der Waals surface area (Å²) >= 11 is 0. The number of phosphoric ester groups is 1. The van der Waals surface area contributed by atoms with Crippen LogP contribution in [0.4, 0.5) is 5.82 Å². The van der Waals surface area contributed by atoms with Gasteiger partial charge >= 0.3 is 31.1 Å². The first kappa shape index (κ1) is 32.3. The number of nitrogen functional groups attached to an aromatic ring is 1. The summed E-state index contributed by atoms with van der Waals surface area (Å²) in [5.41, 5.74) is 6.00. The van der Waals surface area contributed by atoms with Gasteiger partial charge in [-0.25, -0.2) is 33.0 Å². The van der Waals surface area contributed by atoms with Crippen LogP contribution in [-0.2, 0) is 40.5 Å². The molecular weight excluding hydrogens is 614 g/mol. The number of anilines is 1. The highest BCUT2D eigenvalue weighted by Crippen LogP contribution is 2.71. The maximum absolute atomic E-state index is 12.2. The number of fused-ring (bicyclic) bond motifs is 1. The molecule has 1 fully saturated rings. The number of unbranched alkanes of at least 4 members (excludes halogenated alkanes) is 2. The molecule has 1 aliphatic rings. The third kappa shape index (κ3) is 8.66. The van der Waals surface area contributed by atoms with Crippen LogP contribution in [0.15, 0.2) is 12.7 Å². The summed E-state index contributed by atoms with van der Waals surface area (Å²) in [4.78, 5) is 50.3. The van der Waals surface area contributed by atoms with Gasteiger partial charge < -0.3 is 40.3 Å². The second-order valence-corrected chi connectivity index (χ2v) is 14.9. The molecule has 8 N–H and O–H groups in total. The van der Waals surface area contributed by atoms with Gasteiger partial charge in [0.1, 0.15) is 30.2 Å². The molecule has 8 unspecified atom stereocenters. The molecule has 1 saturated heterocycles. The molecule has 2 aromatic rings. The smallest absolute Gasteiger partial charge is 0.387 e. The summed E-state index contributed by atoms with van der Waals surface area (Å²) in [5.74, 6) is 0.0248. The molecule has 3 rings (SSSR count). The van der Waals surface area contributed by atoms with E-state index in [0.717, 1.165) is 6.33 Å². The van der Waals surface area contributed by atoms with Crippen molar-refractivity contribution in [1.82, 2.24) is 19.5 Å². The molecule has 0 amide bonds. The van der Waals surface area contributed by atoms with Crippen molar-refractivity contribution in [3.8, 4) is 0 Å². The van der Waals surface area contributed by atoms with E-state index in [0.29, 0.717) is 12.8 Å². The standard InChI is InChI=1S/C15H27N5O15P4/c1-2-3-4-5-36(23,24)33-38(27,28)35-39(29,30)34-37(25,26)31-6-9-11(21)12(22)15(32-9)20-8-19-10-13(16)17-7-18-14(10)20/h7-9,11-12,15,21-22H,2-6H2,1H3,(H,23,24)(H,25,26)(H,27,28)(H,29,30)(H2,16,17,18). The average molecular weight is 641 g/mol. The first-order chi connectivity index (χ1) is 18.0. The number of aliphatic hydroxyl groups is 2. The van der Waals surface area contributed by atoms with E-state index in [1.165, 1.54) is 10.9 Å². The number of ether oxygens (including phenoxy) is 1. The van der Waals surface area contributed by atoms with E-state index in [9.17, 15) is 48.0 Å². The number of hydrogen-bond donors (Lipinski definition) is 7. The Kier molecular flexibility index (Phi) is 10.3. The van der Waals surface area contributed by atoms with Crippen molar-refractivity contribution in [1.29, 1.82) is 0 Å². The maximum Gasteiger partial charge on any atom is 0.490 e. The first-order valence-corrected chi connectivity index (χ1v) is 17.2. The van der Waals surface area contributed by atoms with Crippen LogP contribution in [-0.4, -0.2) is 80.4 Å². The fourth-order valence-electron chi connectivity index (χ4n) is 3.40. The van der Waals surface area contributed by atoms with E-state index < -0.39 is 68.4 Å². The van der Waals surface area contributed by atoms with Crippen LogP contribution in [0, 0.1) is 0 Å². The maximum atomic E-state index is 12.2. The lowest BCUT2D eigenvalue weighted by atomic mass is 10.1. The van der Waals surface area contributed by atoms with Crippen molar-refractivity contribution >= 4 is 48.0 Å². The summed E-state index contributed by atoms with van der Waals surface area (Å²) in [7, 11) is -22.0. The molecule has 0 bridgehead atoms. The van der Waals surface area contributed by atoms with Gasteiger partial charge in [-0.05, 0) is 6.42 Å². The van der Waals surface area contributed by atoms with Gasteiger partial charge in [0.2, 0.25) is 0 Å². The van der Waals surface area contributed by atoms with Crippen LogP contribution in [0.5, 0.6) is 0 Å². The molecule has 20 nitrogen and oxygen atoms in total. The molecule has 39 heavy (non-hydrogen) atoms. The second-order valence-electron chi connectivity index (χ2n) is 8.14. The SMILES string of the molecule is CCCCCP(=O)(O)OP(=O)(O)OP(=O)(O)OP(=O)(O)OCC1OC(n2cnc3c(N)ncnc32)C(O)C1O.